The molecule has 1 rings (SSSR count). The highest BCUT2D eigenvalue weighted by molar-refractivity contribution is 5.49. The minimum Gasteiger partial charge on any atom is -0.492 e. The summed E-state index contributed by atoms with van der Waals surface area (Å²) in [5.41, 5.74) is 1.09. The maximum Gasteiger partial charge on any atom is 0.138 e. The molecule has 0 spiro atoms. The van der Waals surface area contributed by atoms with E-state index in [0.29, 0.717) is 5.92 Å². The van der Waals surface area contributed by atoms with Gasteiger partial charge in [0.05, 0.1) is 12.8 Å². The van der Waals surface area contributed by atoms with E-state index >= 15 is 0 Å². The fourth-order valence-corrected chi connectivity index (χ4v) is 1.62. The second kappa shape index (κ2) is 9.56. The van der Waals surface area contributed by atoms with Crippen molar-refractivity contribution in [2.45, 2.75) is 33.6 Å². The van der Waals surface area contributed by atoms with Crippen molar-refractivity contribution in [2.24, 2.45) is 5.92 Å². The summed E-state index contributed by atoms with van der Waals surface area (Å²) in [5, 5.41) is 3.42. The number of nitrogens with one attached hydrogen (secondary N) is 1. The molecule has 0 radical (unpaired) electrons. The van der Waals surface area contributed by atoms with Crippen LogP contribution < -0.4 is 10.1 Å². The molecule has 106 valence electrons. The summed E-state index contributed by atoms with van der Waals surface area (Å²) in [6.45, 7) is 9.38. The van der Waals surface area contributed by atoms with Crippen LogP contribution in [0.3, 0.4) is 0 Å². The van der Waals surface area contributed by atoms with Crippen LogP contribution in [-0.4, -0.2) is 24.7 Å². The first-order valence-electron chi connectivity index (χ1n) is 7.17. The van der Waals surface area contributed by atoms with Gasteiger partial charge in [0, 0.05) is 6.20 Å². The maximum absolute atomic E-state index is 5.56. The lowest BCUT2D eigenvalue weighted by molar-refractivity contribution is 0.316. The molecule has 1 heterocycles. The first-order chi connectivity index (χ1) is 9.22. The summed E-state index contributed by atoms with van der Waals surface area (Å²) in [6, 6.07) is 2.03. The van der Waals surface area contributed by atoms with Crippen LogP contribution in [-0.2, 0) is 0 Å². The predicted molar refractivity (Wildman–Crippen MR) is 81.4 cm³/mol. The lowest BCUT2D eigenvalue weighted by Crippen LogP contribution is -2.20. The van der Waals surface area contributed by atoms with Crippen LogP contribution in [0, 0.1) is 5.92 Å². The van der Waals surface area contributed by atoms with Gasteiger partial charge in [0.1, 0.15) is 5.75 Å². The average Bonchev–Trinajstić information content (AvgIpc) is 2.40. The first-order valence-corrected chi connectivity index (χ1v) is 7.17. The zero-order chi connectivity index (χ0) is 13.9. The third-order valence-corrected chi connectivity index (χ3v) is 2.56. The van der Waals surface area contributed by atoms with Gasteiger partial charge in [-0.15, -0.1) is 0 Å². The SMILES string of the molecule is CCCOc1cncc(/C=C/CCNCC(C)C)c1. The summed E-state index contributed by atoms with van der Waals surface area (Å²) in [5.74, 6) is 1.56. The van der Waals surface area contributed by atoms with Crippen molar-refractivity contribution in [3.63, 3.8) is 0 Å². The Hall–Kier alpha value is -1.35. The second-order valence-electron chi connectivity index (χ2n) is 5.09. The predicted octanol–water partition coefficient (Wildman–Crippen LogP) is 3.52. The van der Waals surface area contributed by atoms with E-state index in [0.717, 1.165) is 43.9 Å². The quantitative estimate of drug-likeness (QED) is 0.691. The van der Waals surface area contributed by atoms with Gasteiger partial charge < -0.3 is 10.1 Å². The highest BCUT2D eigenvalue weighted by Gasteiger charge is 1.95. The van der Waals surface area contributed by atoms with E-state index in [4.69, 9.17) is 4.74 Å². The van der Waals surface area contributed by atoms with Crippen LogP contribution in [0.5, 0.6) is 5.75 Å². The number of hydrogen-bond donors (Lipinski definition) is 1. The number of rotatable bonds is 9. The van der Waals surface area contributed by atoms with Crippen molar-refractivity contribution in [2.75, 3.05) is 19.7 Å². The summed E-state index contributed by atoms with van der Waals surface area (Å²) < 4.78 is 5.56. The Morgan fingerprint density at radius 2 is 2.21 bits per heavy atom. The number of pyridine rings is 1. The molecule has 0 saturated carbocycles. The van der Waals surface area contributed by atoms with E-state index in [-0.39, 0.29) is 0 Å². The van der Waals surface area contributed by atoms with Crippen molar-refractivity contribution >= 4 is 6.08 Å². The van der Waals surface area contributed by atoms with E-state index in [1.54, 1.807) is 6.20 Å². The van der Waals surface area contributed by atoms with Gasteiger partial charge in [0.15, 0.2) is 0 Å². The highest BCUT2D eigenvalue weighted by atomic mass is 16.5. The van der Waals surface area contributed by atoms with E-state index in [2.05, 4.69) is 43.2 Å². The highest BCUT2D eigenvalue weighted by Crippen LogP contribution is 2.12. The fraction of sp³-hybridized carbons (Fsp3) is 0.562. The summed E-state index contributed by atoms with van der Waals surface area (Å²) in [6.07, 6.45) is 9.94. The van der Waals surface area contributed by atoms with Gasteiger partial charge in [-0.05, 0) is 43.5 Å². The smallest absolute Gasteiger partial charge is 0.138 e. The minimum absolute atomic E-state index is 0.709. The molecule has 1 aromatic rings. The Kier molecular flexibility index (Phi) is 7.91. The van der Waals surface area contributed by atoms with Gasteiger partial charge in [0.25, 0.3) is 0 Å². The van der Waals surface area contributed by atoms with Gasteiger partial charge in [0.2, 0.25) is 0 Å². The number of aromatic nitrogens is 1. The van der Waals surface area contributed by atoms with Gasteiger partial charge in [-0.1, -0.05) is 32.9 Å². The molecule has 0 unspecified atom stereocenters. The first kappa shape index (κ1) is 15.7. The van der Waals surface area contributed by atoms with Gasteiger partial charge in [-0.2, -0.15) is 0 Å². The van der Waals surface area contributed by atoms with Crippen molar-refractivity contribution < 1.29 is 4.74 Å². The molecule has 0 aromatic carbocycles. The topological polar surface area (TPSA) is 34.1 Å². The molecule has 3 nitrogen and oxygen atoms in total. The van der Waals surface area contributed by atoms with Crippen LogP contribution in [0.4, 0.5) is 0 Å². The van der Waals surface area contributed by atoms with Gasteiger partial charge in [-0.3, -0.25) is 4.98 Å². The molecule has 1 aromatic heterocycles. The second-order valence-corrected chi connectivity index (χ2v) is 5.09. The summed E-state index contributed by atoms with van der Waals surface area (Å²) in [4.78, 5) is 4.18. The molecule has 0 aliphatic carbocycles. The number of ether oxygens (including phenoxy) is 1. The Labute approximate surface area is 117 Å². The Morgan fingerprint density at radius 3 is 2.95 bits per heavy atom. The zero-order valence-corrected chi connectivity index (χ0v) is 12.4. The van der Waals surface area contributed by atoms with E-state index in [1.165, 1.54) is 0 Å². The fourth-order valence-electron chi connectivity index (χ4n) is 1.62. The Balaban J connectivity index is 2.31. The lowest BCUT2D eigenvalue weighted by Gasteiger charge is -2.05. The molecule has 0 amide bonds. The minimum atomic E-state index is 0.709. The van der Waals surface area contributed by atoms with Crippen molar-refractivity contribution in [3.05, 3.63) is 30.1 Å². The van der Waals surface area contributed by atoms with E-state index in [9.17, 15) is 0 Å². The summed E-state index contributed by atoms with van der Waals surface area (Å²) in [7, 11) is 0. The van der Waals surface area contributed by atoms with E-state index in [1.807, 2.05) is 12.3 Å². The lowest BCUT2D eigenvalue weighted by atomic mass is 10.2. The standard InChI is InChI=1S/C16H26N2O/c1-4-9-19-16-10-15(12-18-13-16)7-5-6-8-17-11-14(2)3/h5,7,10,12-14,17H,4,6,8-9,11H2,1-3H3/b7-5+. The van der Waals surface area contributed by atoms with Crippen LogP contribution in [0.2, 0.25) is 0 Å². The molecule has 0 fully saturated rings. The normalized spacial score (nSPS) is 11.4. The monoisotopic (exact) mass is 262 g/mol. The number of hydrogen-bond acceptors (Lipinski definition) is 3. The molecule has 0 saturated heterocycles. The Morgan fingerprint density at radius 1 is 1.37 bits per heavy atom. The molecule has 0 atom stereocenters. The van der Waals surface area contributed by atoms with Crippen LogP contribution >= 0.6 is 0 Å². The zero-order valence-electron chi connectivity index (χ0n) is 12.4. The third-order valence-electron chi connectivity index (χ3n) is 2.56. The largest absolute Gasteiger partial charge is 0.492 e. The molecular weight excluding hydrogens is 236 g/mol. The Bertz CT molecular complexity index is 375. The van der Waals surface area contributed by atoms with Crippen LogP contribution in [0.15, 0.2) is 24.5 Å². The van der Waals surface area contributed by atoms with Crippen molar-refractivity contribution in [3.8, 4) is 5.75 Å². The maximum atomic E-state index is 5.56. The van der Waals surface area contributed by atoms with Crippen molar-refractivity contribution in [1.82, 2.24) is 10.3 Å². The molecule has 1 N–H and O–H groups in total. The number of nitrogens with zero attached hydrogens (tertiary/aromatic N) is 1. The van der Waals surface area contributed by atoms with E-state index < -0.39 is 0 Å². The van der Waals surface area contributed by atoms with Gasteiger partial charge >= 0.3 is 0 Å². The summed E-state index contributed by atoms with van der Waals surface area (Å²) >= 11 is 0. The molecule has 0 bridgehead atoms. The average molecular weight is 262 g/mol. The molecular formula is C16H26N2O. The molecule has 19 heavy (non-hydrogen) atoms. The van der Waals surface area contributed by atoms with Crippen LogP contribution in [0.25, 0.3) is 6.08 Å². The molecule has 0 aliphatic rings. The molecule has 0 aliphatic heterocycles. The van der Waals surface area contributed by atoms with Gasteiger partial charge in [-0.25, -0.2) is 0 Å². The van der Waals surface area contributed by atoms with Crippen molar-refractivity contribution in [1.29, 1.82) is 0 Å². The molecule has 3 heteroatoms. The third kappa shape index (κ3) is 7.62. The van der Waals surface area contributed by atoms with Crippen LogP contribution in [0.1, 0.15) is 39.2 Å².